The molecule has 2 N–H and O–H groups in total. The van der Waals surface area contributed by atoms with Gasteiger partial charge in [0.2, 0.25) is 0 Å². The van der Waals surface area contributed by atoms with Crippen LogP contribution in [0.15, 0.2) is 30.3 Å². The van der Waals surface area contributed by atoms with Crippen molar-refractivity contribution in [3.05, 3.63) is 35.9 Å². The minimum absolute atomic E-state index is 0.234. The molecule has 1 aromatic rings. The summed E-state index contributed by atoms with van der Waals surface area (Å²) in [6.45, 7) is 8.76. The highest BCUT2D eigenvalue weighted by molar-refractivity contribution is 5.15. The molecule has 0 radical (unpaired) electrons. The third-order valence-electron chi connectivity index (χ3n) is 3.87. The highest BCUT2D eigenvalue weighted by Gasteiger charge is 2.29. The Balaban J connectivity index is 1.98. The summed E-state index contributed by atoms with van der Waals surface area (Å²) in [7, 11) is 0. The van der Waals surface area contributed by atoms with Gasteiger partial charge in [0.15, 0.2) is 0 Å². The minimum atomic E-state index is 0.234. The molecule has 0 saturated carbocycles. The number of hydrogen-bond donors (Lipinski definition) is 2. The summed E-state index contributed by atoms with van der Waals surface area (Å²) in [6, 6.07) is 10.8. The van der Waals surface area contributed by atoms with Gasteiger partial charge in [-0.3, -0.25) is 4.90 Å². The number of rotatable bonds is 4. The van der Waals surface area contributed by atoms with Crippen LogP contribution in [0.5, 0.6) is 0 Å². The van der Waals surface area contributed by atoms with Crippen LogP contribution in [0, 0.1) is 5.41 Å². The molecule has 0 amide bonds. The number of benzene rings is 1. The average molecular weight is 262 g/mol. The van der Waals surface area contributed by atoms with E-state index in [0.29, 0.717) is 0 Å². The maximum Gasteiger partial charge on any atom is 0.0599 e. The second kappa shape index (κ2) is 6.51. The van der Waals surface area contributed by atoms with E-state index in [0.717, 1.165) is 32.6 Å². The molecule has 1 aromatic carbocycles. The monoisotopic (exact) mass is 262 g/mol. The van der Waals surface area contributed by atoms with Gasteiger partial charge in [-0.15, -0.1) is 0 Å². The first-order valence-corrected chi connectivity index (χ1v) is 7.20. The number of aliphatic hydroxyl groups is 1. The Hall–Kier alpha value is -0.900. The predicted octanol–water partition coefficient (Wildman–Crippen LogP) is 1.52. The predicted molar refractivity (Wildman–Crippen MR) is 79.2 cm³/mol. The van der Waals surface area contributed by atoms with Gasteiger partial charge >= 0.3 is 0 Å². The number of hydrogen-bond acceptors (Lipinski definition) is 3. The molecule has 0 spiro atoms. The highest BCUT2D eigenvalue weighted by atomic mass is 16.3. The molecule has 0 aliphatic carbocycles. The number of nitrogens with zero attached hydrogens (tertiary/aromatic N) is 1. The number of aliphatic hydroxyl groups excluding tert-OH is 1. The molecule has 0 aromatic heterocycles. The fraction of sp³-hybridized carbons (Fsp3) is 0.625. The van der Waals surface area contributed by atoms with Crippen molar-refractivity contribution in [1.29, 1.82) is 0 Å². The first kappa shape index (κ1) is 14.5. The van der Waals surface area contributed by atoms with Crippen molar-refractivity contribution in [3.8, 4) is 0 Å². The van der Waals surface area contributed by atoms with Gasteiger partial charge in [0.05, 0.1) is 6.61 Å². The quantitative estimate of drug-likeness (QED) is 0.863. The fourth-order valence-electron chi connectivity index (χ4n) is 2.80. The molecule has 1 aliphatic heterocycles. The lowest BCUT2D eigenvalue weighted by Gasteiger charge is -2.33. The summed E-state index contributed by atoms with van der Waals surface area (Å²) in [5.74, 6) is 0. The van der Waals surface area contributed by atoms with Crippen LogP contribution in [-0.4, -0.2) is 48.8 Å². The molecule has 0 bridgehead atoms. The average Bonchev–Trinajstić information content (AvgIpc) is 2.55. The van der Waals surface area contributed by atoms with Crippen LogP contribution in [0.4, 0.5) is 0 Å². The topological polar surface area (TPSA) is 35.5 Å². The Morgan fingerprint density at radius 2 is 2.05 bits per heavy atom. The van der Waals surface area contributed by atoms with E-state index in [9.17, 15) is 5.11 Å². The summed E-state index contributed by atoms with van der Waals surface area (Å²) >= 11 is 0. The van der Waals surface area contributed by atoms with E-state index in [1.165, 1.54) is 5.56 Å². The van der Waals surface area contributed by atoms with Crippen LogP contribution < -0.4 is 5.32 Å². The van der Waals surface area contributed by atoms with Gasteiger partial charge in [-0.1, -0.05) is 44.2 Å². The van der Waals surface area contributed by atoms with E-state index in [1.54, 1.807) is 0 Å². The van der Waals surface area contributed by atoms with Crippen LogP contribution in [0.3, 0.4) is 0 Å². The summed E-state index contributed by atoms with van der Waals surface area (Å²) in [6.07, 6.45) is 1.05. The van der Waals surface area contributed by atoms with Gasteiger partial charge in [-0.25, -0.2) is 0 Å². The Kier molecular flexibility index (Phi) is 4.97. The first-order chi connectivity index (χ1) is 9.11. The lowest BCUT2D eigenvalue weighted by atomic mass is 9.93. The Labute approximate surface area is 116 Å². The zero-order chi connectivity index (χ0) is 13.7. The van der Waals surface area contributed by atoms with Crippen molar-refractivity contribution < 1.29 is 5.11 Å². The van der Waals surface area contributed by atoms with Gasteiger partial charge in [-0.05, 0) is 17.4 Å². The van der Waals surface area contributed by atoms with E-state index < -0.39 is 0 Å². The van der Waals surface area contributed by atoms with Gasteiger partial charge in [-0.2, -0.15) is 0 Å². The Bertz CT molecular complexity index is 378. The molecular weight excluding hydrogens is 236 g/mol. The Morgan fingerprint density at radius 3 is 2.74 bits per heavy atom. The molecule has 106 valence electrons. The van der Waals surface area contributed by atoms with Crippen molar-refractivity contribution in [2.24, 2.45) is 5.41 Å². The zero-order valence-electron chi connectivity index (χ0n) is 12.1. The smallest absolute Gasteiger partial charge is 0.0599 e. The molecule has 1 saturated heterocycles. The maximum absolute atomic E-state index is 9.57. The van der Waals surface area contributed by atoms with E-state index in [2.05, 4.69) is 54.4 Å². The SMILES string of the molecule is CC1(C)CNCC(CO)N(CCc2ccccc2)C1. The fourth-order valence-corrected chi connectivity index (χ4v) is 2.80. The van der Waals surface area contributed by atoms with Crippen LogP contribution in [0.25, 0.3) is 0 Å². The molecule has 1 unspecified atom stereocenters. The van der Waals surface area contributed by atoms with E-state index >= 15 is 0 Å². The first-order valence-electron chi connectivity index (χ1n) is 7.20. The summed E-state index contributed by atoms with van der Waals surface area (Å²) in [4.78, 5) is 2.44. The van der Waals surface area contributed by atoms with Gasteiger partial charge in [0.1, 0.15) is 0 Å². The van der Waals surface area contributed by atoms with Gasteiger partial charge in [0, 0.05) is 32.2 Å². The number of nitrogens with one attached hydrogen (secondary N) is 1. The van der Waals surface area contributed by atoms with Crippen LogP contribution in [0.1, 0.15) is 19.4 Å². The summed E-state index contributed by atoms with van der Waals surface area (Å²) in [5, 5.41) is 13.0. The Morgan fingerprint density at radius 1 is 1.32 bits per heavy atom. The summed E-state index contributed by atoms with van der Waals surface area (Å²) in [5.41, 5.74) is 1.63. The van der Waals surface area contributed by atoms with Crippen LogP contribution >= 0.6 is 0 Å². The highest BCUT2D eigenvalue weighted by Crippen LogP contribution is 2.20. The van der Waals surface area contributed by atoms with E-state index in [4.69, 9.17) is 0 Å². The van der Waals surface area contributed by atoms with Crippen molar-refractivity contribution in [3.63, 3.8) is 0 Å². The maximum atomic E-state index is 9.57. The van der Waals surface area contributed by atoms with E-state index in [1.807, 2.05) is 0 Å². The molecule has 1 heterocycles. The third kappa shape index (κ3) is 4.30. The van der Waals surface area contributed by atoms with E-state index in [-0.39, 0.29) is 18.1 Å². The van der Waals surface area contributed by atoms with Gasteiger partial charge in [0.25, 0.3) is 0 Å². The van der Waals surface area contributed by atoms with Crippen LogP contribution in [-0.2, 0) is 6.42 Å². The minimum Gasteiger partial charge on any atom is -0.395 e. The van der Waals surface area contributed by atoms with Crippen LogP contribution in [0.2, 0.25) is 0 Å². The second-order valence-electron chi connectivity index (χ2n) is 6.34. The van der Waals surface area contributed by atoms with Crippen molar-refractivity contribution in [2.45, 2.75) is 26.3 Å². The normalized spacial score (nSPS) is 24.1. The lowest BCUT2D eigenvalue weighted by Crippen LogP contribution is -2.44. The third-order valence-corrected chi connectivity index (χ3v) is 3.87. The molecule has 2 rings (SSSR count). The van der Waals surface area contributed by atoms with Gasteiger partial charge < -0.3 is 10.4 Å². The molecule has 3 nitrogen and oxygen atoms in total. The molecule has 1 fully saturated rings. The molecule has 1 aliphatic rings. The lowest BCUT2D eigenvalue weighted by molar-refractivity contribution is 0.108. The molecule has 3 heteroatoms. The summed E-state index contributed by atoms with van der Waals surface area (Å²) < 4.78 is 0. The van der Waals surface area contributed by atoms with Crippen molar-refractivity contribution in [1.82, 2.24) is 10.2 Å². The van der Waals surface area contributed by atoms with Crippen molar-refractivity contribution in [2.75, 3.05) is 32.8 Å². The molecule has 19 heavy (non-hydrogen) atoms. The molecular formula is C16H26N2O. The standard InChI is InChI=1S/C16H26N2O/c1-16(2)12-17-10-15(11-19)18(13-16)9-8-14-6-4-3-5-7-14/h3-7,15,17,19H,8-13H2,1-2H3. The zero-order valence-corrected chi connectivity index (χ0v) is 12.1. The molecule has 1 atom stereocenters. The second-order valence-corrected chi connectivity index (χ2v) is 6.34. The largest absolute Gasteiger partial charge is 0.395 e. The van der Waals surface area contributed by atoms with Crippen molar-refractivity contribution >= 4 is 0 Å².